The number of carbonyl (C=O) groups is 2. The van der Waals surface area contributed by atoms with Crippen molar-refractivity contribution in [2.45, 2.75) is 20.4 Å². The number of esters is 1. The smallest absolute Gasteiger partial charge is 0.333 e. The second-order valence-corrected chi connectivity index (χ2v) is 7.71. The largest absolute Gasteiger partial charge is 0.463 e. The van der Waals surface area contributed by atoms with Crippen LogP contribution in [0.15, 0.2) is 29.1 Å². The third-order valence-electron chi connectivity index (χ3n) is 4.46. The number of aromatic nitrogens is 1. The van der Waals surface area contributed by atoms with Crippen molar-refractivity contribution in [3.05, 3.63) is 54.9 Å². The molecule has 0 aliphatic carbocycles. The van der Waals surface area contributed by atoms with Crippen LogP contribution in [-0.4, -0.2) is 54.3 Å². The fourth-order valence-corrected chi connectivity index (χ4v) is 4.07. The van der Waals surface area contributed by atoms with Crippen molar-refractivity contribution in [2.75, 3.05) is 32.9 Å². The zero-order valence-corrected chi connectivity index (χ0v) is 17.4. The average molecular weight is 416 g/mol. The predicted molar refractivity (Wildman–Crippen MR) is 111 cm³/mol. The van der Waals surface area contributed by atoms with E-state index in [9.17, 15) is 14.4 Å². The number of hydrogen-bond acceptors (Lipinski definition) is 6. The number of ether oxygens (including phenoxy) is 2. The summed E-state index contributed by atoms with van der Waals surface area (Å²) in [7, 11) is 0. The van der Waals surface area contributed by atoms with Crippen molar-refractivity contribution in [1.29, 1.82) is 0 Å². The van der Waals surface area contributed by atoms with Gasteiger partial charge in [0, 0.05) is 13.1 Å². The van der Waals surface area contributed by atoms with Gasteiger partial charge in [-0.05, 0) is 25.5 Å². The Kier molecular flexibility index (Phi) is 7.00. The Hall–Kier alpha value is -2.71. The minimum Gasteiger partial charge on any atom is -0.463 e. The van der Waals surface area contributed by atoms with E-state index in [0.717, 1.165) is 11.1 Å². The molecule has 7 nitrogen and oxygen atoms in total. The number of amides is 1. The number of aryl methyl sites for hydroxylation is 1. The predicted octanol–water partition coefficient (Wildman–Crippen LogP) is 0.249. The van der Waals surface area contributed by atoms with Crippen LogP contribution < -0.4 is 14.8 Å². The highest BCUT2D eigenvalue weighted by Gasteiger charge is 2.19. The number of benzene rings is 1. The van der Waals surface area contributed by atoms with Crippen molar-refractivity contribution in [2.24, 2.45) is 0 Å². The van der Waals surface area contributed by atoms with Crippen LogP contribution in [0.1, 0.15) is 18.1 Å². The van der Waals surface area contributed by atoms with Gasteiger partial charge in [0.25, 0.3) is 5.56 Å². The fourth-order valence-electron chi connectivity index (χ4n) is 3.04. The molecule has 1 amide bonds. The van der Waals surface area contributed by atoms with E-state index in [-0.39, 0.29) is 24.6 Å². The molecule has 1 fully saturated rings. The molecule has 0 radical (unpaired) electrons. The van der Waals surface area contributed by atoms with E-state index in [1.54, 1.807) is 17.9 Å². The van der Waals surface area contributed by atoms with E-state index in [0.29, 0.717) is 35.5 Å². The lowest BCUT2D eigenvalue weighted by Gasteiger charge is -2.26. The quantitative estimate of drug-likeness (QED) is 0.653. The standard InChI is InChI=1S/C21H24N2O5S/c1-3-28-20(25)13-19-23(14-18(24)22-7-9-27-10-8-22)21(26)17(29-19)12-16-6-4-5-15(2)11-16/h4-6,11-13H,3,7-10,14H2,1-2H3/b17-12-,19-13-. The van der Waals surface area contributed by atoms with Gasteiger partial charge in [-0.15, -0.1) is 11.3 Å². The van der Waals surface area contributed by atoms with E-state index in [2.05, 4.69) is 0 Å². The first-order valence-electron chi connectivity index (χ1n) is 9.50. The maximum atomic E-state index is 13.0. The van der Waals surface area contributed by atoms with Gasteiger partial charge >= 0.3 is 5.97 Å². The van der Waals surface area contributed by atoms with Crippen molar-refractivity contribution < 1.29 is 19.1 Å². The van der Waals surface area contributed by atoms with E-state index in [1.165, 1.54) is 22.0 Å². The highest BCUT2D eigenvalue weighted by molar-refractivity contribution is 7.07. The lowest BCUT2D eigenvalue weighted by Crippen LogP contribution is -2.45. The SMILES string of the molecule is CCOC(=O)/C=c1\s/c(=C\c2cccc(C)c2)c(=O)n1CC(=O)N1CCOCC1. The molecule has 2 heterocycles. The van der Waals surface area contributed by atoms with Crippen LogP contribution in [0.3, 0.4) is 0 Å². The first-order chi connectivity index (χ1) is 14.0. The second-order valence-electron chi connectivity index (χ2n) is 6.64. The molecule has 1 aromatic carbocycles. The van der Waals surface area contributed by atoms with Gasteiger partial charge in [-0.1, -0.05) is 29.8 Å². The molecule has 0 atom stereocenters. The van der Waals surface area contributed by atoms with Crippen LogP contribution >= 0.6 is 11.3 Å². The van der Waals surface area contributed by atoms with Crippen LogP contribution in [0.2, 0.25) is 0 Å². The number of nitrogens with zero attached hydrogens (tertiary/aromatic N) is 2. The molecular weight excluding hydrogens is 392 g/mol. The van der Waals surface area contributed by atoms with Crippen LogP contribution in [-0.2, 0) is 25.6 Å². The van der Waals surface area contributed by atoms with Gasteiger partial charge in [0.2, 0.25) is 5.91 Å². The second kappa shape index (κ2) is 9.67. The summed E-state index contributed by atoms with van der Waals surface area (Å²) in [6.45, 7) is 5.77. The first kappa shape index (κ1) is 21.0. The van der Waals surface area contributed by atoms with Crippen molar-refractivity contribution >= 4 is 35.4 Å². The molecule has 0 spiro atoms. The molecule has 3 rings (SSSR count). The summed E-state index contributed by atoms with van der Waals surface area (Å²) in [6, 6.07) is 7.77. The van der Waals surface area contributed by atoms with Gasteiger partial charge in [-0.2, -0.15) is 0 Å². The summed E-state index contributed by atoms with van der Waals surface area (Å²) >= 11 is 1.17. The molecule has 8 heteroatoms. The molecule has 0 N–H and O–H groups in total. The third-order valence-corrected chi connectivity index (χ3v) is 5.52. The van der Waals surface area contributed by atoms with Crippen LogP contribution in [0.4, 0.5) is 0 Å². The van der Waals surface area contributed by atoms with E-state index in [4.69, 9.17) is 9.47 Å². The molecule has 1 aromatic heterocycles. The molecule has 1 saturated heterocycles. The Morgan fingerprint density at radius 3 is 2.72 bits per heavy atom. The Morgan fingerprint density at radius 1 is 1.28 bits per heavy atom. The molecule has 0 unspecified atom stereocenters. The van der Waals surface area contributed by atoms with E-state index < -0.39 is 5.97 Å². The molecule has 1 aliphatic rings. The molecule has 0 bridgehead atoms. The Labute approximate surface area is 172 Å². The van der Waals surface area contributed by atoms with Gasteiger partial charge in [0.1, 0.15) is 11.2 Å². The summed E-state index contributed by atoms with van der Waals surface area (Å²) in [5.41, 5.74) is 1.67. The third kappa shape index (κ3) is 5.42. The van der Waals surface area contributed by atoms with E-state index >= 15 is 0 Å². The zero-order valence-electron chi connectivity index (χ0n) is 16.6. The van der Waals surface area contributed by atoms with Crippen LogP contribution in [0.5, 0.6) is 0 Å². The van der Waals surface area contributed by atoms with Gasteiger partial charge in [-0.3, -0.25) is 14.2 Å². The van der Waals surface area contributed by atoms with Gasteiger partial charge in [0.15, 0.2) is 0 Å². The Morgan fingerprint density at radius 2 is 2.03 bits per heavy atom. The highest BCUT2D eigenvalue weighted by atomic mass is 32.1. The summed E-state index contributed by atoms with van der Waals surface area (Å²) < 4.78 is 12.5. The van der Waals surface area contributed by atoms with Gasteiger partial charge in [0.05, 0.1) is 30.4 Å². The molecule has 2 aromatic rings. The fraction of sp³-hybridized carbons (Fsp3) is 0.381. The Balaban J connectivity index is 2.02. The number of morpholine rings is 1. The lowest BCUT2D eigenvalue weighted by atomic mass is 10.1. The lowest BCUT2D eigenvalue weighted by molar-refractivity contribution is -0.136. The van der Waals surface area contributed by atoms with Crippen molar-refractivity contribution in [3.8, 4) is 0 Å². The molecule has 29 heavy (non-hydrogen) atoms. The maximum absolute atomic E-state index is 13.0. The molecular formula is C21H24N2O5S. The Bertz CT molecular complexity index is 1060. The summed E-state index contributed by atoms with van der Waals surface area (Å²) in [6.07, 6.45) is 3.05. The number of hydrogen-bond donors (Lipinski definition) is 0. The topological polar surface area (TPSA) is 77.8 Å². The van der Waals surface area contributed by atoms with Gasteiger partial charge in [-0.25, -0.2) is 4.79 Å². The number of carbonyl (C=O) groups excluding carboxylic acids is 2. The summed E-state index contributed by atoms with van der Waals surface area (Å²) in [4.78, 5) is 39.3. The number of rotatable bonds is 5. The van der Waals surface area contributed by atoms with Crippen LogP contribution in [0, 0.1) is 6.92 Å². The van der Waals surface area contributed by atoms with Gasteiger partial charge < -0.3 is 14.4 Å². The maximum Gasteiger partial charge on any atom is 0.333 e. The molecule has 154 valence electrons. The average Bonchev–Trinajstić information content (AvgIpc) is 2.97. The first-order valence-corrected chi connectivity index (χ1v) is 10.3. The normalized spacial score (nSPS) is 15.6. The van der Waals surface area contributed by atoms with Crippen molar-refractivity contribution in [1.82, 2.24) is 9.47 Å². The minimum absolute atomic E-state index is 0.123. The molecule has 1 aliphatic heterocycles. The molecule has 0 saturated carbocycles. The van der Waals surface area contributed by atoms with E-state index in [1.807, 2.05) is 31.2 Å². The highest BCUT2D eigenvalue weighted by Crippen LogP contribution is 2.04. The monoisotopic (exact) mass is 416 g/mol. The van der Waals surface area contributed by atoms with Crippen molar-refractivity contribution in [3.63, 3.8) is 0 Å². The summed E-state index contributed by atoms with van der Waals surface area (Å²) in [5, 5.41) is 0. The zero-order chi connectivity index (χ0) is 20.8. The minimum atomic E-state index is -0.538. The summed E-state index contributed by atoms with van der Waals surface area (Å²) in [5.74, 6) is -0.711. The number of thiazole rings is 1. The van der Waals surface area contributed by atoms with Crippen LogP contribution in [0.25, 0.3) is 12.2 Å².